The van der Waals surface area contributed by atoms with Crippen molar-refractivity contribution in [1.82, 2.24) is 15.2 Å². The van der Waals surface area contributed by atoms with Crippen LogP contribution in [0.2, 0.25) is 0 Å². The Labute approximate surface area is 114 Å². The van der Waals surface area contributed by atoms with Gasteiger partial charge in [0.1, 0.15) is 5.82 Å². The van der Waals surface area contributed by atoms with Crippen LogP contribution in [0.3, 0.4) is 0 Å². The van der Waals surface area contributed by atoms with Gasteiger partial charge in [0, 0.05) is 31.4 Å². The van der Waals surface area contributed by atoms with E-state index in [1.807, 2.05) is 0 Å². The highest BCUT2D eigenvalue weighted by Crippen LogP contribution is 2.22. The maximum absolute atomic E-state index is 13.2. The molecule has 19 heavy (non-hydrogen) atoms. The van der Waals surface area contributed by atoms with Crippen molar-refractivity contribution in [1.29, 1.82) is 0 Å². The highest BCUT2D eigenvalue weighted by atomic mass is 19.1. The summed E-state index contributed by atoms with van der Waals surface area (Å²) in [5, 5.41) is 3.62. The Kier molecular flexibility index (Phi) is 4.09. The number of nitrogens with zero attached hydrogens (tertiary/aromatic N) is 2. The second-order valence-electron chi connectivity index (χ2n) is 5.81. The molecule has 104 valence electrons. The molecule has 1 aromatic rings. The van der Waals surface area contributed by atoms with Crippen molar-refractivity contribution in [3.63, 3.8) is 0 Å². The Morgan fingerprint density at radius 1 is 1.26 bits per heavy atom. The zero-order valence-corrected chi connectivity index (χ0v) is 11.3. The minimum absolute atomic E-state index is 0.234. The maximum atomic E-state index is 13.2. The van der Waals surface area contributed by atoms with Crippen molar-refractivity contribution in [2.24, 2.45) is 0 Å². The van der Waals surface area contributed by atoms with E-state index in [0.29, 0.717) is 6.04 Å². The quantitative estimate of drug-likeness (QED) is 0.883. The van der Waals surface area contributed by atoms with Crippen molar-refractivity contribution in [2.45, 2.75) is 50.7 Å². The minimum atomic E-state index is -0.234. The summed E-state index contributed by atoms with van der Waals surface area (Å²) in [6.07, 6.45) is 9.54. The normalized spacial score (nSPS) is 24.6. The number of hydrogen-bond acceptors (Lipinski definition) is 3. The molecule has 4 heteroatoms. The summed E-state index contributed by atoms with van der Waals surface area (Å²) < 4.78 is 13.2. The molecule has 1 saturated heterocycles. The first-order valence-electron chi connectivity index (χ1n) is 7.38. The largest absolute Gasteiger partial charge is 0.312 e. The summed E-state index contributed by atoms with van der Waals surface area (Å²) in [6, 6.07) is 2.96. The molecule has 1 aliphatic carbocycles. The lowest BCUT2D eigenvalue weighted by Crippen LogP contribution is -2.45. The van der Waals surface area contributed by atoms with E-state index in [0.717, 1.165) is 31.2 Å². The lowest BCUT2D eigenvalue weighted by atomic mass is 10.0. The van der Waals surface area contributed by atoms with E-state index >= 15 is 0 Å². The fourth-order valence-electron chi connectivity index (χ4n) is 2.87. The Hall–Kier alpha value is -1.00. The maximum Gasteiger partial charge on any atom is 0.141 e. The number of likely N-dealkylation sites (tertiary alicyclic amines) is 1. The van der Waals surface area contributed by atoms with Gasteiger partial charge in [-0.1, -0.05) is 6.42 Å². The van der Waals surface area contributed by atoms with Gasteiger partial charge in [-0.15, -0.1) is 0 Å². The number of nitrogens with one attached hydrogen (secondary N) is 1. The molecular weight excluding hydrogens is 241 g/mol. The van der Waals surface area contributed by atoms with Crippen molar-refractivity contribution in [2.75, 3.05) is 13.1 Å². The second-order valence-corrected chi connectivity index (χ2v) is 5.81. The first-order chi connectivity index (χ1) is 9.31. The van der Waals surface area contributed by atoms with Crippen LogP contribution in [0, 0.1) is 5.82 Å². The summed E-state index contributed by atoms with van der Waals surface area (Å²) in [4.78, 5) is 6.42. The highest BCUT2D eigenvalue weighted by Gasteiger charge is 2.26. The van der Waals surface area contributed by atoms with Gasteiger partial charge in [0.2, 0.25) is 0 Å². The summed E-state index contributed by atoms with van der Waals surface area (Å²) in [5.74, 6) is -0.234. The van der Waals surface area contributed by atoms with Gasteiger partial charge < -0.3 is 5.32 Å². The van der Waals surface area contributed by atoms with E-state index in [4.69, 9.17) is 0 Å². The summed E-state index contributed by atoms with van der Waals surface area (Å²) in [6.45, 7) is 3.02. The molecule has 2 heterocycles. The first kappa shape index (κ1) is 13.0. The lowest BCUT2D eigenvalue weighted by Gasteiger charge is -2.36. The van der Waals surface area contributed by atoms with Crippen molar-refractivity contribution >= 4 is 0 Å². The molecule has 2 fully saturated rings. The monoisotopic (exact) mass is 263 g/mol. The van der Waals surface area contributed by atoms with Gasteiger partial charge >= 0.3 is 0 Å². The van der Waals surface area contributed by atoms with Gasteiger partial charge in [-0.05, 0) is 43.9 Å². The molecule has 0 amide bonds. The number of piperidine rings is 1. The molecule has 0 aromatic carbocycles. The van der Waals surface area contributed by atoms with Crippen molar-refractivity contribution in [3.05, 3.63) is 29.8 Å². The molecule has 0 radical (unpaired) electrons. The number of pyridine rings is 1. The van der Waals surface area contributed by atoms with E-state index in [9.17, 15) is 4.39 Å². The van der Waals surface area contributed by atoms with E-state index in [1.165, 1.54) is 38.3 Å². The summed E-state index contributed by atoms with van der Waals surface area (Å²) in [7, 11) is 0. The Bertz CT molecular complexity index is 420. The van der Waals surface area contributed by atoms with E-state index in [2.05, 4.69) is 15.2 Å². The zero-order chi connectivity index (χ0) is 13.1. The summed E-state index contributed by atoms with van der Waals surface area (Å²) >= 11 is 0. The van der Waals surface area contributed by atoms with Gasteiger partial charge in [-0.2, -0.15) is 0 Å². The average molecular weight is 263 g/mol. The van der Waals surface area contributed by atoms with Crippen LogP contribution >= 0.6 is 0 Å². The third kappa shape index (κ3) is 3.74. The van der Waals surface area contributed by atoms with Gasteiger partial charge in [0.15, 0.2) is 0 Å². The van der Waals surface area contributed by atoms with E-state index in [-0.39, 0.29) is 5.82 Å². The molecule has 1 N–H and O–H groups in total. The van der Waals surface area contributed by atoms with Crippen LogP contribution in [0.5, 0.6) is 0 Å². The van der Waals surface area contributed by atoms with Gasteiger partial charge in [0.25, 0.3) is 0 Å². The van der Waals surface area contributed by atoms with E-state index < -0.39 is 0 Å². The summed E-state index contributed by atoms with van der Waals surface area (Å²) in [5.41, 5.74) is 0.985. The van der Waals surface area contributed by atoms with Crippen LogP contribution in [0.1, 0.15) is 37.7 Å². The van der Waals surface area contributed by atoms with Crippen LogP contribution in [0.25, 0.3) is 0 Å². The second kappa shape index (κ2) is 5.97. The lowest BCUT2D eigenvalue weighted by molar-refractivity contribution is 0.137. The van der Waals surface area contributed by atoms with E-state index in [1.54, 1.807) is 12.3 Å². The molecule has 1 aromatic heterocycles. The standard InChI is InChI=1S/C15H22FN3/c16-13-7-12(8-17-9-13)11-19-6-2-1-3-15(19)10-18-14-4-5-14/h7-9,14-15,18H,1-6,10-11H2. The number of hydrogen-bond donors (Lipinski definition) is 1. The Morgan fingerprint density at radius 2 is 2.16 bits per heavy atom. The van der Waals surface area contributed by atoms with Crippen LogP contribution in [0.4, 0.5) is 4.39 Å². The van der Waals surface area contributed by atoms with Crippen molar-refractivity contribution < 1.29 is 4.39 Å². The molecule has 0 spiro atoms. The molecule has 1 aliphatic heterocycles. The van der Waals surface area contributed by atoms with Gasteiger partial charge in [0.05, 0.1) is 6.20 Å². The molecule has 2 aliphatic rings. The molecule has 1 atom stereocenters. The minimum Gasteiger partial charge on any atom is -0.312 e. The van der Waals surface area contributed by atoms with Crippen LogP contribution in [0.15, 0.2) is 18.5 Å². The predicted molar refractivity (Wildman–Crippen MR) is 73.3 cm³/mol. The van der Waals surface area contributed by atoms with Gasteiger partial charge in [-0.3, -0.25) is 9.88 Å². The third-order valence-electron chi connectivity index (χ3n) is 4.12. The van der Waals surface area contributed by atoms with Gasteiger partial charge in [-0.25, -0.2) is 4.39 Å². The van der Waals surface area contributed by atoms with Crippen LogP contribution in [-0.2, 0) is 6.54 Å². The average Bonchev–Trinajstić information content (AvgIpc) is 3.22. The zero-order valence-electron chi connectivity index (χ0n) is 11.3. The first-order valence-corrected chi connectivity index (χ1v) is 7.38. The Morgan fingerprint density at radius 3 is 2.95 bits per heavy atom. The number of rotatable bonds is 5. The van der Waals surface area contributed by atoms with Crippen molar-refractivity contribution in [3.8, 4) is 0 Å². The van der Waals surface area contributed by atoms with Crippen LogP contribution in [-0.4, -0.2) is 35.1 Å². The predicted octanol–water partition coefficient (Wildman–Crippen LogP) is 2.33. The SMILES string of the molecule is Fc1cncc(CN2CCCCC2CNC2CC2)c1. The molecule has 1 saturated carbocycles. The number of aromatic nitrogens is 1. The third-order valence-corrected chi connectivity index (χ3v) is 4.12. The molecular formula is C15H22FN3. The smallest absolute Gasteiger partial charge is 0.141 e. The fraction of sp³-hybridized carbons (Fsp3) is 0.667. The highest BCUT2D eigenvalue weighted by molar-refractivity contribution is 5.10. The number of halogens is 1. The molecule has 3 nitrogen and oxygen atoms in total. The van der Waals surface area contributed by atoms with Crippen LogP contribution < -0.4 is 5.32 Å². The fourth-order valence-corrected chi connectivity index (χ4v) is 2.87. The topological polar surface area (TPSA) is 28.2 Å². The molecule has 3 rings (SSSR count). The Balaban J connectivity index is 1.59. The molecule has 0 bridgehead atoms. The molecule has 1 unspecified atom stereocenters.